The van der Waals surface area contributed by atoms with E-state index in [4.69, 9.17) is 11.5 Å². The Bertz CT molecular complexity index is 89.6. The molecule has 10 heavy (non-hydrogen) atoms. The second-order valence-corrected chi connectivity index (χ2v) is 3.16. The number of alkyl halides is 1. The minimum Gasteiger partial charge on any atom is -0.327 e. The van der Waals surface area contributed by atoms with Crippen LogP contribution in [0.15, 0.2) is 0 Å². The summed E-state index contributed by atoms with van der Waals surface area (Å²) in [7, 11) is 0. The molecule has 0 aromatic heterocycles. The molecule has 0 aliphatic carbocycles. The van der Waals surface area contributed by atoms with Crippen LogP contribution in [0.25, 0.3) is 0 Å². The number of hydrogen-bond donors (Lipinski definition) is 2. The number of nitrogens with two attached hydrogens (primary N) is 2. The highest BCUT2D eigenvalue weighted by Crippen LogP contribution is 2.18. The monoisotopic (exact) mass is 148 g/mol. The highest BCUT2D eigenvalue weighted by molar-refractivity contribution is 4.81. The molecule has 0 aromatic rings. The van der Waals surface area contributed by atoms with Gasteiger partial charge in [0, 0.05) is 13.1 Å². The van der Waals surface area contributed by atoms with E-state index < -0.39 is 5.67 Å². The summed E-state index contributed by atoms with van der Waals surface area (Å²) in [6.07, 6.45) is 0.458. The Balaban J connectivity index is 3.80. The average Bonchev–Trinajstić information content (AvgIpc) is 1.87. The molecule has 0 aliphatic rings. The van der Waals surface area contributed by atoms with Crippen molar-refractivity contribution >= 4 is 0 Å². The fourth-order valence-corrected chi connectivity index (χ4v) is 0.982. The zero-order valence-corrected chi connectivity index (χ0v) is 6.73. The van der Waals surface area contributed by atoms with Crippen LogP contribution in [0.5, 0.6) is 0 Å². The van der Waals surface area contributed by atoms with E-state index in [0.717, 1.165) is 0 Å². The molecule has 0 atom stereocenters. The predicted octanol–water partition coefficient (Wildman–Crippen LogP) is 0.658. The zero-order chi connectivity index (χ0) is 8.20. The van der Waals surface area contributed by atoms with Gasteiger partial charge in [0.15, 0.2) is 0 Å². The largest absolute Gasteiger partial charge is 0.327 e. The molecular weight excluding hydrogens is 131 g/mol. The standard InChI is InChI=1S/C7H17FN2/c1-6(2)3-7(8,4-9)5-10/h6H,3-5,9-10H2,1-2H3. The highest BCUT2D eigenvalue weighted by Gasteiger charge is 2.26. The molecule has 0 radical (unpaired) electrons. The first-order valence-electron chi connectivity index (χ1n) is 3.63. The molecule has 0 unspecified atom stereocenters. The third-order valence-electron chi connectivity index (χ3n) is 1.51. The Kier molecular flexibility index (Phi) is 3.83. The molecule has 0 amide bonds. The van der Waals surface area contributed by atoms with E-state index in [1.165, 1.54) is 0 Å². The Hall–Kier alpha value is -0.150. The minimum absolute atomic E-state index is 0.0294. The molecule has 0 aromatic carbocycles. The Morgan fingerprint density at radius 3 is 1.80 bits per heavy atom. The molecule has 3 heteroatoms. The van der Waals surface area contributed by atoms with Crippen molar-refractivity contribution in [2.24, 2.45) is 17.4 Å². The highest BCUT2D eigenvalue weighted by atomic mass is 19.1. The molecular formula is C7H17FN2. The molecule has 0 fully saturated rings. The molecule has 2 nitrogen and oxygen atoms in total. The predicted molar refractivity (Wildman–Crippen MR) is 41.4 cm³/mol. The average molecular weight is 148 g/mol. The number of rotatable bonds is 4. The van der Waals surface area contributed by atoms with E-state index >= 15 is 0 Å². The lowest BCUT2D eigenvalue weighted by Gasteiger charge is -2.23. The van der Waals surface area contributed by atoms with E-state index in [9.17, 15) is 4.39 Å². The Labute approximate surface area is 61.8 Å². The minimum atomic E-state index is -1.34. The first-order chi connectivity index (χ1) is 4.54. The van der Waals surface area contributed by atoms with E-state index in [1.807, 2.05) is 13.8 Å². The molecule has 0 aliphatic heterocycles. The summed E-state index contributed by atoms with van der Waals surface area (Å²) in [5.74, 6) is 0.317. The Morgan fingerprint density at radius 2 is 1.70 bits per heavy atom. The van der Waals surface area contributed by atoms with Gasteiger partial charge in [0.05, 0.1) is 0 Å². The van der Waals surface area contributed by atoms with Gasteiger partial charge in [0.1, 0.15) is 5.67 Å². The summed E-state index contributed by atoms with van der Waals surface area (Å²) in [6, 6.07) is 0. The van der Waals surface area contributed by atoms with Crippen molar-refractivity contribution in [2.75, 3.05) is 13.1 Å². The van der Waals surface area contributed by atoms with Crippen LogP contribution in [0.4, 0.5) is 4.39 Å². The van der Waals surface area contributed by atoms with Gasteiger partial charge in [0.25, 0.3) is 0 Å². The van der Waals surface area contributed by atoms with E-state index in [-0.39, 0.29) is 13.1 Å². The van der Waals surface area contributed by atoms with Crippen LogP contribution in [0.2, 0.25) is 0 Å². The van der Waals surface area contributed by atoms with Crippen LogP contribution in [-0.4, -0.2) is 18.8 Å². The van der Waals surface area contributed by atoms with Crippen LogP contribution in [0, 0.1) is 5.92 Å². The number of hydrogen-bond acceptors (Lipinski definition) is 2. The Morgan fingerprint density at radius 1 is 1.30 bits per heavy atom. The first kappa shape index (κ1) is 9.85. The van der Waals surface area contributed by atoms with Crippen LogP contribution in [0.1, 0.15) is 20.3 Å². The van der Waals surface area contributed by atoms with Crippen LogP contribution < -0.4 is 11.5 Å². The quantitative estimate of drug-likeness (QED) is 0.615. The second-order valence-electron chi connectivity index (χ2n) is 3.16. The van der Waals surface area contributed by atoms with Gasteiger partial charge in [0.2, 0.25) is 0 Å². The van der Waals surface area contributed by atoms with Gasteiger partial charge < -0.3 is 11.5 Å². The molecule has 0 heterocycles. The van der Waals surface area contributed by atoms with Crippen molar-refractivity contribution in [3.63, 3.8) is 0 Å². The summed E-state index contributed by atoms with van der Waals surface area (Å²) in [5, 5.41) is 0. The van der Waals surface area contributed by atoms with Crippen molar-refractivity contribution in [3.8, 4) is 0 Å². The van der Waals surface area contributed by atoms with Crippen molar-refractivity contribution in [1.82, 2.24) is 0 Å². The third-order valence-corrected chi connectivity index (χ3v) is 1.51. The fourth-order valence-electron chi connectivity index (χ4n) is 0.982. The maximum Gasteiger partial charge on any atom is 0.135 e. The van der Waals surface area contributed by atoms with Crippen LogP contribution in [0.3, 0.4) is 0 Å². The molecule has 0 bridgehead atoms. The first-order valence-corrected chi connectivity index (χ1v) is 3.63. The van der Waals surface area contributed by atoms with E-state index in [1.54, 1.807) is 0 Å². The molecule has 0 saturated heterocycles. The normalized spacial score (nSPS) is 12.6. The van der Waals surface area contributed by atoms with E-state index in [0.29, 0.717) is 12.3 Å². The van der Waals surface area contributed by atoms with Gasteiger partial charge in [-0.1, -0.05) is 13.8 Å². The topological polar surface area (TPSA) is 52.0 Å². The van der Waals surface area contributed by atoms with Crippen molar-refractivity contribution in [2.45, 2.75) is 25.9 Å². The molecule has 0 saturated carbocycles. The molecule has 0 rings (SSSR count). The van der Waals surface area contributed by atoms with Gasteiger partial charge in [-0.2, -0.15) is 0 Å². The third kappa shape index (κ3) is 3.13. The summed E-state index contributed by atoms with van der Waals surface area (Å²) in [5.41, 5.74) is 9.08. The second kappa shape index (κ2) is 3.88. The summed E-state index contributed by atoms with van der Waals surface area (Å²) < 4.78 is 13.3. The summed E-state index contributed by atoms with van der Waals surface area (Å²) in [4.78, 5) is 0. The lowest BCUT2D eigenvalue weighted by molar-refractivity contribution is 0.149. The molecule has 0 spiro atoms. The van der Waals surface area contributed by atoms with E-state index in [2.05, 4.69) is 0 Å². The van der Waals surface area contributed by atoms with Gasteiger partial charge in [-0.15, -0.1) is 0 Å². The van der Waals surface area contributed by atoms with Gasteiger partial charge in [-0.05, 0) is 12.3 Å². The lowest BCUT2D eigenvalue weighted by Crippen LogP contribution is -2.41. The van der Waals surface area contributed by atoms with Gasteiger partial charge >= 0.3 is 0 Å². The van der Waals surface area contributed by atoms with Gasteiger partial charge in [-0.3, -0.25) is 0 Å². The lowest BCUT2D eigenvalue weighted by atomic mass is 9.94. The van der Waals surface area contributed by atoms with Crippen molar-refractivity contribution in [1.29, 1.82) is 0 Å². The zero-order valence-electron chi connectivity index (χ0n) is 6.73. The van der Waals surface area contributed by atoms with Crippen LogP contribution >= 0.6 is 0 Å². The molecule has 62 valence electrons. The smallest absolute Gasteiger partial charge is 0.135 e. The fraction of sp³-hybridized carbons (Fsp3) is 1.00. The van der Waals surface area contributed by atoms with Gasteiger partial charge in [-0.25, -0.2) is 4.39 Å². The maximum atomic E-state index is 13.3. The van der Waals surface area contributed by atoms with Crippen LogP contribution in [-0.2, 0) is 0 Å². The SMILES string of the molecule is CC(C)CC(F)(CN)CN. The summed E-state index contributed by atoms with van der Waals surface area (Å²) >= 11 is 0. The van der Waals surface area contributed by atoms with Crippen molar-refractivity contribution < 1.29 is 4.39 Å². The van der Waals surface area contributed by atoms with Crippen molar-refractivity contribution in [3.05, 3.63) is 0 Å². The summed E-state index contributed by atoms with van der Waals surface area (Å²) in [6.45, 7) is 3.97. The molecule has 4 N–H and O–H groups in total. The maximum absolute atomic E-state index is 13.3. The number of halogens is 1.